The van der Waals surface area contributed by atoms with Gasteiger partial charge in [-0.05, 0) is 38.1 Å². The summed E-state index contributed by atoms with van der Waals surface area (Å²) in [5.74, 6) is 0.354. The minimum absolute atomic E-state index is 0.215. The van der Waals surface area contributed by atoms with Crippen molar-refractivity contribution in [2.75, 3.05) is 13.6 Å². The van der Waals surface area contributed by atoms with E-state index in [1.807, 2.05) is 13.1 Å². The van der Waals surface area contributed by atoms with E-state index in [4.69, 9.17) is 4.42 Å². The molecule has 18 heavy (non-hydrogen) atoms. The van der Waals surface area contributed by atoms with Crippen LogP contribution in [0, 0.1) is 5.82 Å². The van der Waals surface area contributed by atoms with Crippen LogP contribution in [-0.4, -0.2) is 18.6 Å². The number of benzene rings is 1. The van der Waals surface area contributed by atoms with Crippen LogP contribution in [0.4, 0.5) is 4.39 Å². The molecular formula is C14H17FN2O. The molecule has 96 valence electrons. The number of aromatic nitrogens is 1. The number of oxazole rings is 1. The van der Waals surface area contributed by atoms with Crippen molar-refractivity contribution in [1.82, 2.24) is 10.3 Å². The molecule has 0 aliphatic heterocycles. The van der Waals surface area contributed by atoms with E-state index in [-0.39, 0.29) is 5.82 Å². The van der Waals surface area contributed by atoms with Gasteiger partial charge in [-0.3, -0.25) is 0 Å². The van der Waals surface area contributed by atoms with E-state index in [0.29, 0.717) is 17.9 Å². The van der Waals surface area contributed by atoms with Crippen LogP contribution in [0.2, 0.25) is 0 Å². The predicted octanol–water partition coefficient (Wildman–Crippen LogP) is 2.56. The van der Waals surface area contributed by atoms with Gasteiger partial charge in [-0.15, -0.1) is 0 Å². The molecule has 0 bridgehead atoms. The summed E-state index contributed by atoms with van der Waals surface area (Å²) in [7, 11) is 1.92. The van der Waals surface area contributed by atoms with Crippen LogP contribution in [0.15, 0.2) is 34.9 Å². The number of rotatable bonds is 6. The van der Waals surface area contributed by atoms with Gasteiger partial charge >= 0.3 is 0 Å². The van der Waals surface area contributed by atoms with Gasteiger partial charge < -0.3 is 9.73 Å². The van der Waals surface area contributed by atoms with Gasteiger partial charge in [0, 0.05) is 0 Å². The van der Waals surface area contributed by atoms with E-state index in [9.17, 15) is 4.39 Å². The molecule has 4 heteroatoms. The first-order valence-corrected chi connectivity index (χ1v) is 6.11. The van der Waals surface area contributed by atoms with Crippen LogP contribution in [0.3, 0.4) is 0 Å². The molecule has 0 saturated heterocycles. The third-order valence-corrected chi connectivity index (χ3v) is 2.76. The second-order valence-electron chi connectivity index (χ2n) is 4.21. The fourth-order valence-electron chi connectivity index (χ4n) is 1.80. The third-order valence-electron chi connectivity index (χ3n) is 2.76. The Hall–Kier alpha value is -1.68. The van der Waals surface area contributed by atoms with Gasteiger partial charge in [0.2, 0.25) is 0 Å². The molecular weight excluding hydrogens is 231 g/mol. The topological polar surface area (TPSA) is 38.1 Å². The maximum absolute atomic E-state index is 13.5. The lowest BCUT2D eigenvalue weighted by molar-refractivity contribution is 0.500. The average molecular weight is 248 g/mol. The first-order valence-electron chi connectivity index (χ1n) is 6.11. The summed E-state index contributed by atoms with van der Waals surface area (Å²) >= 11 is 0. The molecule has 3 nitrogen and oxygen atoms in total. The predicted molar refractivity (Wildman–Crippen MR) is 68.0 cm³/mol. The van der Waals surface area contributed by atoms with E-state index >= 15 is 0 Å². The Balaban J connectivity index is 1.96. The average Bonchev–Trinajstić information content (AvgIpc) is 2.80. The van der Waals surface area contributed by atoms with E-state index in [1.165, 1.54) is 6.07 Å². The largest absolute Gasteiger partial charge is 0.448 e. The molecule has 0 amide bonds. The summed E-state index contributed by atoms with van der Waals surface area (Å²) in [5.41, 5.74) is 1.54. The molecule has 0 aliphatic carbocycles. The number of hydrogen-bond donors (Lipinski definition) is 1. The van der Waals surface area contributed by atoms with Crippen molar-refractivity contribution in [3.63, 3.8) is 0 Å². The molecule has 2 rings (SSSR count). The highest BCUT2D eigenvalue weighted by molar-refractivity contribution is 5.20. The van der Waals surface area contributed by atoms with Crippen LogP contribution in [-0.2, 0) is 12.8 Å². The Labute approximate surface area is 106 Å². The number of nitrogens with one attached hydrogen (secondary N) is 1. The summed E-state index contributed by atoms with van der Waals surface area (Å²) in [4.78, 5) is 4.36. The van der Waals surface area contributed by atoms with Crippen LogP contribution >= 0.6 is 0 Å². The van der Waals surface area contributed by atoms with Crippen molar-refractivity contribution in [2.24, 2.45) is 0 Å². The van der Waals surface area contributed by atoms with Crippen LogP contribution in [0.1, 0.15) is 23.6 Å². The highest BCUT2D eigenvalue weighted by Crippen LogP contribution is 2.13. The number of halogens is 1. The van der Waals surface area contributed by atoms with Crippen molar-refractivity contribution in [3.05, 3.63) is 53.5 Å². The minimum Gasteiger partial charge on any atom is -0.448 e. The summed E-state index contributed by atoms with van der Waals surface area (Å²) in [5, 5.41) is 3.08. The second kappa shape index (κ2) is 6.31. The Morgan fingerprint density at radius 2 is 2.17 bits per heavy atom. The van der Waals surface area contributed by atoms with Crippen LogP contribution in [0.25, 0.3) is 0 Å². The lowest BCUT2D eigenvalue weighted by Gasteiger charge is -1.98. The van der Waals surface area contributed by atoms with Gasteiger partial charge in [-0.25, -0.2) is 9.37 Å². The van der Waals surface area contributed by atoms with Gasteiger partial charge in [-0.1, -0.05) is 18.2 Å². The van der Waals surface area contributed by atoms with Crippen molar-refractivity contribution in [2.45, 2.75) is 19.3 Å². The fraction of sp³-hybridized carbons (Fsp3) is 0.357. The van der Waals surface area contributed by atoms with E-state index in [2.05, 4.69) is 10.3 Å². The normalized spacial score (nSPS) is 10.8. The Morgan fingerprint density at radius 3 is 2.94 bits per heavy atom. The first-order chi connectivity index (χ1) is 8.79. The minimum atomic E-state index is -0.215. The van der Waals surface area contributed by atoms with E-state index in [1.54, 1.807) is 18.4 Å². The Kier molecular flexibility index (Phi) is 4.47. The zero-order valence-corrected chi connectivity index (χ0v) is 10.4. The highest BCUT2D eigenvalue weighted by Gasteiger charge is 2.07. The van der Waals surface area contributed by atoms with Crippen molar-refractivity contribution in [3.8, 4) is 0 Å². The zero-order valence-electron chi connectivity index (χ0n) is 10.4. The van der Waals surface area contributed by atoms with Crippen molar-refractivity contribution < 1.29 is 8.81 Å². The number of nitrogens with zero attached hydrogens (tertiary/aromatic N) is 1. The fourth-order valence-corrected chi connectivity index (χ4v) is 1.80. The van der Waals surface area contributed by atoms with Crippen LogP contribution < -0.4 is 5.32 Å². The molecule has 1 aromatic carbocycles. The maximum atomic E-state index is 13.5. The van der Waals surface area contributed by atoms with Crippen molar-refractivity contribution in [1.29, 1.82) is 0 Å². The Morgan fingerprint density at radius 1 is 1.33 bits per heavy atom. The lowest BCUT2D eigenvalue weighted by atomic mass is 10.1. The maximum Gasteiger partial charge on any atom is 0.198 e. The number of aryl methyl sites for hydroxylation is 1. The molecule has 1 aromatic heterocycles. The van der Waals surface area contributed by atoms with E-state index < -0.39 is 0 Å². The molecule has 0 unspecified atom stereocenters. The standard InChI is InChI=1S/C14H17FN2O/c1-16-8-4-6-12-10-18-14(17-12)9-11-5-2-3-7-13(11)15/h2-3,5,7,10,16H,4,6,8-9H2,1H3. The quantitative estimate of drug-likeness (QED) is 0.798. The van der Waals surface area contributed by atoms with Gasteiger partial charge in [0.15, 0.2) is 5.89 Å². The van der Waals surface area contributed by atoms with Crippen molar-refractivity contribution >= 4 is 0 Å². The summed E-state index contributed by atoms with van der Waals surface area (Å²) < 4.78 is 18.8. The SMILES string of the molecule is CNCCCc1coc(Cc2ccccc2F)n1. The molecule has 1 heterocycles. The molecule has 0 radical (unpaired) electrons. The summed E-state index contributed by atoms with van der Waals surface area (Å²) in [6.07, 6.45) is 3.95. The summed E-state index contributed by atoms with van der Waals surface area (Å²) in [6.45, 7) is 0.954. The smallest absolute Gasteiger partial charge is 0.198 e. The first kappa shape index (κ1) is 12.8. The zero-order chi connectivity index (χ0) is 12.8. The Bertz CT molecular complexity index is 496. The van der Waals surface area contributed by atoms with E-state index in [0.717, 1.165) is 25.1 Å². The number of hydrogen-bond acceptors (Lipinski definition) is 3. The molecule has 0 saturated carbocycles. The second-order valence-corrected chi connectivity index (χ2v) is 4.21. The van der Waals surface area contributed by atoms with Gasteiger partial charge in [-0.2, -0.15) is 0 Å². The molecule has 0 aliphatic rings. The third kappa shape index (κ3) is 3.40. The lowest BCUT2D eigenvalue weighted by Crippen LogP contribution is -2.08. The van der Waals surface area contributed by atoms with Crippen LogP contribution in [0.5, 0.6) is 0 Å². The monoisotopic (exact) mass is 248 g/mol. The molecule has 1 N–H and O–H groups in total. The molecule has 0 fully saturated rings. The van der Waals surface area contributed by atoms with Gasteiger partial charge in [0.1, 0.15) is 12.1 Å². The van der Waals surface area contributed by atoms with Gasteiger partial charge in [0.05, 0.1) is 12.1 Å². The molecule has 2 aromatic rings. The molecule has 0 spiro atoms. The highest BCUT2D eigenvalue weighted by atomic mass is 19.1. The molecule has 0 atom stereocenters. The van der Waals surface area contributed by atoms with Gasteiger partial charge in [0.25, 0.3) is 0 Å². The summed E-state index contributed by atoms with van der Waals surface area (Å²) in [6, 6.07) is 6.69.